The fourth-order valence-corrected chi connectivity index (χ4v) is 2.79. The highest BCUT2D eigenvalue weighted by molar-refractivity contribution is 6.33. The zero-order valence-corrected chi connectivity index (χ0v) is 16.6. The first kappa shape index (κ1) is 20.6. The molecule has 0 aliphatic heterocycles. The SMILES string of the molecule is COc1cc(C)c(CN(C)C(=O)CNC(=O)c2ccccc2Cl)cc1OC. The van der Waals surface area contributed by atoms with Gasteiger partial charge in [0.15, 0.2) is 11.5 Å². The lowest BCUT2D eigenvalue weighted by atomic mass is 10.1. The Morgan fingerprint density at radius 1 is 1.11 bits per heavy atom. The molecular formula is C20H23ClN2O4. The first-order chi connectivity index (χ1) is 12.9. The Morgan fingerprint density at radius 3 is 2.37 bits per heavy atom. The van der Waals surface area contributed by atoms with E-state index >= 15 is 0 Å². The van der Waals surface area contributed by atoms with Gasteiger partial charge in [-0.1, -0.05) is 23.7 Å². The first-order valence-electron chi connectivity index (χ1n) is 8.35. The number of carbonyl (C=O) groups excluding carboxylic acids is 2. The highest BCUT2D eigenvalue weighted by Gasteiger charge is 2.16. The van der Waals surface area contributed by atoms with Gasteiger partial charge >= 0.3 is 0 Å². The van der Waals surface area contributed by atoms with E-state index in [-0.39, 0.29) is 18.4 Å². The predicted molar refractivity (Wildman–Crippen MR) is 105 cm³/mol. The zero-order valence-electron chi connectivity index (χ0n) is 15.8. The summed E-state index contributed by atoms with van der Waals surface area (Å²) in [4.78, 5) is 26.1. The summed E-state index contributed by atoms with van der Waals surface area (Å²) < 4.78 is 10.6. The molecule has 0 fully saturated rings. The number of aryl methyl sites for hydroxylation is 1. The van der Waals surface area contributed by atoms with Gasteiger partial charge in [-0.05, 0) is 42.3 Å². The molecule has 0 aliphatic carbocycles. The Bertz CT molecular complexity index is 839. The summed E-state index contributed by atoms with van der Waals surface area (Å²) in [5, 5.41) is 2.95. The van der Waals surface area contributed by atoms with Crippen molar-refractivity contribution >= 4 is 23.4 Å². The number of ether oxygens (including phenoxy) is 2. The van der Waals surface area contributed by atoms with E-state index in [1.807, 2.05) is 19.1 Å². The van der Waals surface area contributed by atoms with Crippen LogP contribution in [0.1, 0.15) is 21.5 Å². The Morgan fingerprint density at radius 2 is 1.74 bits per heavy atom. The number of amides is 2. The minimum atomic E-state index is -0.385. The summed E-state index contributed by atoms with van der Waals surface area (Å²) in [7, 11) is 4.82. The molecule has 0 radical (unpaired) electrons. The topological polar surface area (TPSA) is 67.9 Å². The molecule has 0 spiro atoms. The number of hydrogen-bond acceptors (Lipinski definition) is 4. The molecule has 0 unspecified atom stereocenters. The Balaban J connectivity index is 2.00. The molecule has 7 heteroatoms. The van der Waals surface area contributed by atoms with Crippen LogP contribution in [0, 0.1) is 6.92 Å². The second-order valence-corrected chi connectivity index (χ2v) is 6.45. The summed E-state index contributed by atoms with van der Waals surface area (Å²) >= 11 is 6.00. The van der Waals surface area contributed by atoms with Crippen molar-refractivity contribution in [3.8, 4) is 11.5 Å². The van der Waals surface area contributed by atoms with E-state index in [4.69, 9.17) is 21.1 Å². The van der Waals surface area contributed by atoms with Crippen LogP contribution in [-0.4, -0.2) is 44.5 Å². The van der Waals surface area contributed by atoms with Crippen molar-refractivity contribution in [3.63, 3.8) is 0 Å². The summed E-state index contributed by atoms with van der Waals surface area (Å²) in [6.45, 7) is 2.20. The van der Waals surface area contributed by atoms with Crippen molar-refractivity contribution in [2.45, 2.75) is 13.5 Å². The molecule has 0 saturated carbocycles. The Hall–Kier alpha value is -2.73. The maximum Gasteiger partial charge on any atom is 0.253 e. The minimum absolute atomic E-state index is 0.118. The normalized spacial score (nSPS) is 10.3. The molecule has 2 rings (SSSR count). The molecule has 1 N–H and O–H groups in total. The average Bonchev–Trinajstić information content (AvgIpc) is 2.67. The van der Waals surface area contributed by atoms with Gasteiger partial charge in [-0.15, -0.1) is 0 Å². The summed E-state index contributed by atoms with van der Waals surface area (Å²) in [6.07, 6.45) is 0. The second-order valence-electron chi connectivity index (χ2n) is 6.05. The molecule has 0 atom stereocenters. The molecule has 2 amide bonds. The number of halogens is 1. The number of hydrogen-bond donors (Lipinski definition) is 1. The smallest absolute Gasteiger partial charge is 0.253 e. The maximum absolute atomic E-state index is 12.4. The van der Waals surface area contributed by atoms with Crippen molar-refractivity contribution in [1.82, 2.24) is 10.2 Å². The largest absolute Gasteiger partial charge is 0.493 e. The quantitative estimate of drug-likeness (QED) is 0.789. The fraction of sp³-hybridized carbons (Fsp3) is 0.300. The van der Waals surface area contributed by atoms with Gasteiger partial charge < -0.3 is 19.7 Å². The van der Waals surface area contributed by atoms with Crippen LogP contribution in [0.3, 0.4) is 0 Å². The molecule has 2 aromatic rings. The monoisotopic (exact) mass is 390 g/mol. The lowest BCUT2D eigenvalue weighted by Gasteiger charge is -2.20. The summed E-state index contributed by atoms with van der Waals surface area (Å²) in [5.74, 6) is 0.639. The number of nitrogens with zero attached hydrogens (tertiary/aromatic N) is 1. The van der Waals surface area contributed by atoms with Crippen LogP contribution < -0.4 is 14.8 Å². The van der Waals surface area contributed by atoms with Gasteiger partial charge in [0.25, 0.3) is 5.91 Å². The highest BCUT2D eigenvalue weighted by Crippen LogP contribution is 2.30. The molecule has 0 aliphatic rings. The van der Waals surface area contributed by atoms with Crippen molar-refractivity contribution in [1.29, 1.82) is 0 Å². The number of likely N-dealkylation sites (N-methyl/N-ethyl adjacent to an activating group) is 1. The summed E-state index contributed by atoms with van der Waals surface area (Å²) in [5.41, 5.74) is 2.25. The van der Waals surface area contributed by atoms with Crippen LogP contribution in [0.5, 0.6) is 11.5 Å². The molecule has 0 aromatic heterocycles. The van der Waals surface area contributed by atoms with E-state index in [9.17, 15) is 9.59 Å². The second kappa shape index (κ2) is 9.28. The minimum Gasteiger partial charge on any atom is -0.493 e. The third-order valence-electron chi connectivity index (χ3n) is 4.19. The number of rotatable bonds is 7. The molecule has 0 heterocycles. The fourth-order valence-electron chi connectivity index (χ4n) is 2.57. The van der Waals surface area contributed by atoms with Gasteiger partial charge in [0.2, 0.25) is 5.91 Å². The maximum atomic E-state index is 12.4. The third-order valence-corrected chi connectivity index (χ3v) is 4.52. The third kappa shape index (κ3) is 5.14. The molecule has 144 valence electrons. The van der Waals surface area contributed by atoms with Gasteiger partial charge in [-0.3, -0.25) is 9.59 Å². The van der Waals surface area contributed by atoms with Gasteiger partial charge in [-0.2, -0.15) is 0 Å². The van der Waals surface area contributed by atoms with Gasteiger partial charge in [0, 0.05) is 13.6 Å². The van der Waals surface area contributed by atoms with Crippen molar-refractivity contribution < 1.29 is 19.1 Å². The van der Waals surface area contributed by atoms with Crippen LogP contribution in [0.15, 0.2) is 36.4 Å². The zero-order chi connectivity index (χ0) is 20.0. The predicted octanol–water partition coefficient (Wildman–Crippen LogP) is 3.05. The molecule has 0 saturated heterocycles. The number of benzene rings is 2. The van der Waals surface area contributed by atoms with Crippen molar-refractivity contribution in [2.75, 3.05) is 27.8 Å². The van der Waals surface area contributed by atoms with E-state index in [2.05, 4.69) is 5.32 Å². The number of nitrogens with one attached hydrogen (secondary N) is 1. The molecular weight excluding hydrogens is 368 g/mol. The van der Waals surface area contributed by atoms with Crippen LogP contribution in [-0.2, 0) is 11.3 Å². The van der Waals surface area contributed by atoms with E-state index in [1.165, 1.54) is 0 Å². The average molecular weight is 391 g/mol. The van der Waals surface area contributed by atoms with Crippen LogP contribution in [0.25, 0.3) is 0 Å². The van der Waals surface area contributed by atoms with Crippen molar-refractivity contribution in [2.24, 2.45) is 0 Å². The first-order valence-corrected chi connectivity index (χ1v) is 8.73. The molecule has 27 heavy (non-hydrogen) atoms. The lowest BCUT2D eigenvalue weighted by Crippen LogP contribution is -2.38. The van der Waals surface area contributed by atoms with Crippen molar-refractivity contribution in [3.05, 3.63) is 58.1 Å². The van der Waals surface area contributed by atoms with Crippen LogP contribution in [0.4, 0.5) is 0 Å². The highest BCUT2D eigenvalue weighted by atomic mass is 35.5. The number of methoxy groups -OCH3 is 2. The van der Waals surface area contributed by atoms with E-state index < -0.39 is 0 Å². The van der Waals surface area contributed by atoms with Crippen LogP contribution in [0.2, 0.25) is 5.02 Å². The number of carbonyl (C=O) groups is 2. The standard InChI is InChI=1S/C20H23ClN2O4/c1-13-9-17(26-3)18(27-4)10-14(13)12-23(2)19(24)11-22-20(25)15-7-5-6-8-16(15)21/h5-10H,11-12H2,1-4H3,(H,22,25). The van der Waals surface area contributed by atoms with Crippen LogP contribution >= 0.6 is 11.6 Å². The molecule has 6 nitrogen and oxygen atoms in total. The molecule has 2 aromatic carbocycles. The Kier molecular flexibility index (Phi) is 7.07. The molecule has 0 bridgehead atoms. The van der Waals surface area contributed by atoms with E-state index in [0.29, 0.717) is 28.6 Å². The lowest BCUT2D eigenvalue weighted by molar-refractivity contribution is -0.129. The Labute approximate surface area is 164 Å². The summed E-state index contributed by atoms with van der Waals surface area (Å²) in [6, 6.07) is 10.4. The van der Waals surface area contributed by atoms with E-state index in [1.54, 1.807) is 50.4 Å². The van der Waals surface area contributed by atoms with Gasteiger partial charge in [0.05, 0.1) is 31.4 Å². The van der Waals surface area contributed by atoms with Gasteiger partial charge in [0.1, 0.15) is 0 Å². The van der Waals surface area contributed by atoms with Gasteiger partial charge in [-0.25, -0.2) is 0 Å². The van der Waals surface area contributed by atoms with E-state index in [0.717, 1.165) is 11.1 Å².